The molecular weight excluding hydrogens is 266 g/mol. The van der Waals surface area contributed by atoms with Gasteiger partial charge in [0.2, 0.25) is 0 Å². The van der Waals surface area contributed by atoms with Crippen molar-refractivity contribution >= 4 is 5.96 Å². The van der Waals surface area contributed by atoms with Crippen molar-refractivity contribution in [2.24, 2.45) is 10.7 Å². The van der Waals surface area contributed by atoms with Gasteiger partial charge in [-0.05, 0) is 17.0 Å². The van der Waals surface area contributed by atoms with Crippen LogP contribution in [-0.2, 0) is 10.2 Å². The van der Waals surface area contributed by atoms with Crippen LogP contribution in [0.1, 0.15) is 26.3 Å². The van der Waals surface area contributed by atoms with Crippen LogP contribution in [0.2, 0.25) is 0 Å². The molecule has 0 atom stereocenters. The van der Waals surface area contributed by atoms with Crippen molar-refractivity contribution in [3.63, 3.8) is 0 Å². The molecule has 21 heavy (non-hydrogen) atoms. The lowest BCUT2D eigenvalue weighted by Crippen LogP contribution is -2.35. The predicted octanol–water partition coefficient (Wildman–Crippen LogP) is 1.91. The zero-order valence-corrected chi connectivity index (χ0v) is 13.5. The topological polar surface area (TPSA) is 68.9 Å². The van der Waals surface area contributed by atoms with Gasteiger partial charge in [-0.3, -0.25) is 4.99 Å². The third-order valence-electron chi connectivity index (χ3n) is 2.94. The van der Waals surface area contributed by atoms with Crippen molar-refractivity contribution in [2.45, 2.75) is 26.2 Å². The van der Waals surface area contributed by atoms with Gasteiger partial charge in [0.1, 0.15) is 12.4 Å². The van der Waals surface area contributed by atoms with E-state index in [1.54, 1.807) is 7.11 Å². The summed E-state index contributed by atoms with van der Waals surface area (Å²) < 4.78 is 10.7. The van der Waals surface area contributed by atoms with Crippen LogP contribution in [0, 0.1) is 0 Å². The van der Waals surface area contributed by atoms with Crippen LogP contribution in [-0.4, -0.2) is 39.4 Å². The molecule has 0 spiro atoms. The Hall–Kier alpha value is -1.75. The number of rotatable bonds is 7. The number of hydrogen-bond donors (Lipinski definition) is 2. The molecule has 0 aliphatic heterocycles. The van der Waals surface area contributed by atoms with Crippen molar-refractivity contribution in [3.05, 3.63) is 29.8 Å². The van der Waals surface area contributed by atoms with Gasteiger partial charge in [0.25, 0.3) is 0 Å². The summed E-state index contributed by atoms with van der Waals surface area (Å²) in [6, 6.07) is 8.12. The molecule has 5 heteroatoms. The lowest BCUT2D eigenvalue weighted by molar-refractivity contribution is 0.208. The average molecular weight is 293 g/mol. The molecule has 1 aromatic carbocycles. The second-order valence-electron chi connectivity index (χ2n) is 5.78. The summed E-state index contributed by atoms with van der Waals surface area (Å²) in [7, 11) is 1.64. The van der Waals surface area contributed by atoms with E-state index in [0.29, 0.717) is 32.3 Å². The standard InChI is InChI=1S/C16H27N3O2/c1-16(2,3)13-7-5-6-8-14(13)21-12-10-19-15(17)18-9-11-20-4/h5-8H,9-12H2,1-4H3,(H3,17,18,19). The maximum Gasteiger partial charge on any atom is 0.188 e. The van der Waals surface area contributed by atoms with E-state index in [1.165, 1.54) is 5.56 Å². The summed E-state index contributed by atoms with van der Waals surface area (Å²) in [5.41, 5.74) is 6.98. The number of guanidine groups is 1. The fourth-order valence-electron chi connectivity index (χ4n) is 1.87. The molecule has 0 amide bonds. The fraction of sp³-hybridized carbons (Fsp3) is 0.562. The molecule has 0 aliphatic carbocycles. The van der Waals surface area contributed by atoms with Crippen molar-refractivity contribution in [1.29, 1.82) is 0 Å². The SMILES string of the molecule is COCCN=C(N)NCCOc1ccccc1C(C)(C)C. The predicted molar refractivity (Wildman–Crippen MR) is 87.0 cm³/mol. The minimum absolute atomic E-state index is 0.0602. The molecule has 1 rings (SSSR count). The van der Waals surface area contributed by atoms with Crippen LogP contribution in [0.5, 0.6) is 5.75 Å². The highest BCUT2D eigenvalue weighted by Crippen LogP contribution is 2.30. The number of nitrogens with two attached hydrogens (primary N) is 1. The Morgan fingerprint density at radius 2 is 1.95 bits per heavy atom. The first-order chi connectivity index (χ1) is 9.95. The summed E-state index contributed by atoms with van der Waals surface area (Å²) in [6.45, 7) is 8.80. The van der Waals surface area contributed by atoms with E-state index >= 15 is 0 Å². The number of aliphatic imine (C=N–C) groups is 1. The first kappa shape index (κ1) is 17.3. The van der Waals surface area contributed by atoms with Gasteiger partial charge in [-0.15, -0.1) is 0 Å². The van der Waals surface area contributed by atoms with Crippen LogP contribution >= 0.6 is 0 Å². The third kappa shape index (κ3) is 6.49. The first-order valence-corrected chi connectivity index (χ1v) is 7.20. The van der Waals surface area contributed by atoms with Gasteiger partial charge in [-0.2, -0.15) is 0 Å². The average Bonchev–Trinajstić information content (AvgIpc) is 2.43. The Kier molecular flexibility index (Phi) is 7.02. The second kappa shape index (κ2) is 8.52. The number of para-hydroxylation sites is 1. The molecule has 0 fully saturated rings. The smallest absolute Gasteiger partial charge is 0.188 e. The number of nitrogens with zero attached hydrogens (tertiary/aromatic N) is 1. The van der Waals surface area contributed by atoms with Gasteiger partial charge in [0.15, 0.2) is 5.96 Å². The normalized spacial score (nSPS) is 12.3. The van der Waals surface area contributed by atoms with Crippen LogP contribution in [0.3, 0.4) is 0 Å². The molecule has 1 aromatic rings. The van der Waals surface area contributed by atoms with Crippen molar-refractivity contribution in [2.75, 3.05) is 33.4 Å². The van der Waals surface area contributed by atoms with E-state index < -0.39 is 0 Å². The molecule has 0 radical (unpaired) electrons. The zero-order chi connectivity index (χ0) is 15.7. The fourth-order valence-corrected chi connectivity index (χ4v) is 1.87. The monoisotopic (exact) mass is 293 g/mol. The quantitative estimate of drug-likeness (QED) is 0.458. The lowest BCUT2D eigenvalue weighted by atomic mass is 9.86. The number of hydrogen-bond acceptors (Lipinski definition) is 3. The minimum atomic E-state index is 0.0602. The van der Waals surface area contributed by atoms with Crippen LogP contribution in [0.4, 0.5) is 0 Å². The lowest BCUT2D eigenvalue weighted by Gasteiger charge is -2.22. The molecule has 5 nitrogen and oxygen atoms in total. The number of nitrogens with one attached hydrogen (secondary N) is 1. The summed E-state index contributed by atoms with van der Waals surface area (Å²) in [5.74, 6) is 1.33. The molecule has 0 bridgehead atoms. The Bertz CT molecular complexity index is 453. The van der Waals surface area contributed by atoms with Gasteiger partial charge in [-0.25, -0.2) is 0 Å². The molecule has 0 aromatic heterocycles. The van der Waals surface area contributed by atoms with Gasteiger partial charge >= 0.3 is 0 Å². The van der Waals surface area contributed by atoms with Crippen LogP contribution in [0.25, 0.3) is 0 Å². The maximum absolute atomic E-state index is 5.84. The van der Waals surface area contributed by atoms with Crippen molar-refractivity contribution in [1.82, 2.24) is 5.32 Å². The molecule has 0 unspecified atom stereocenters. The molecule has 118 valence electrons. The van der Waals surface area contributed by atoms with E-state index in [9.17, 15) is 0 Å². The Labute approximate surface area is 127 Å². The summed E-state index contributed by atoms with van der Waals surface area (Å²) in [6.07, 6.45) is 0. The maximum atomic E-state index is 5.84. The Morgan fingerprint density at radius 3 is 2.62 bits per heavy atom. The van der Waals surface area contributed by atoms with E-state index in [-0.39, 0.29) is 5.41 Å². The summed E-state index contributed by atoms with van der Waals surface area (Å²) in [5, 5.41) is 3.02. The molecular formula is C16H27N3O2. The highest BCUT2D eigenvalue weighted by atomic mass is 16.5. The van der Waals surface area contributed by atoms with Crippen molar-refractivity contribution < 1.29 is 9.47 Å². The zero-order valence-electron chi connectivity index (χ0n) is 13.5. The van der Waals surface area contributed by atoms with E-state index in [0.717, 1.165) is 5.75 Å². The minimum Gasteiger partial charge on any atom is -0.491 e. The highest BCUT2D eigenvalue weighted by Gasteiger charge is 2.18. The number of ether oxygens (including phenoxy) is 2. The molecule has 0 saturated heterocycles. The van der Waals surface area contributed by atoms with Crippen LogP contribution in [0.15, 0.2) is 29.3 Å². The van der Waals surface area contributed by atoms with Crippen molar-refractivity contribution in [3.8, 4) is 5.75 Å². The van der Waals surface area contributed by atoms with Gasteiger partial charge in [-0.1, -0.05) is 39.0 Å². The van der Waals surface area contributed by atoms with Crippen LogP contribution < -0.4 is 15.8 Å². The number of methoxy groups -OCH3 is 1. The van der Waals surface area contributed by atoms with E-state index in [1.807, 2.05) is 18.2 Å². The molecule has 0 heterocycles. The van der Waals surface area contributed by atoms with E-state index in [4.69, 9.17) is 15.2 Å². The Balaban J connectivity index is 2.42. The molecule has 0 saturated carbocycles. The second-order valence-corrected chi connectivity index (χ2v) is 5.78. The number of benzene rings is 1. The summed E-state index contributed by atoms with van der Waals surface area (Å²) in [4.78, 5) is 4.12. The largest absolute Gasteiger partial charge is 0.491 e. The molecule has 3 N–H and O–H groups in total. The van der Waals surface area contributed by atoms with E-state index in [2.05, 4.69) is 37.1 Å². The van der Waals surface area contributed by atoms with Gasteiger partial charge < -0.3 is 20.5 Å². The highest BCUT2D eigenvalue weighted by molar-refractivity contribution is 5.77. The Morgan fingerprint density at radius 1 is 1.24 bits per heavy atom. The molecule has 0 aliphatic rings. The summed E-state index contributed by atoms with van der Waals surface area (Å²) >= 11 is 0. The third-order valence-corrected chi connectivity index (χ3v) is 2.94. The van der Waals surface area contributed by atoms with Gasteiger partial charge in [0.05, 0.1) is 19.7 Å². The van der Waals surface area contributed by atoms with Gasteiger partial charge in [0, 0.05) is 7.11 Å². The first-order valence-electron chi connectivity index (χ1n) is 7.20.